The van der Waals surface area contributed by atoms with Gasteiger partial charge < -0.3 is 19.3 Å². The second-order valence-corrected chi connectivity index (χ2v) is 11.7. The number of Topliss-reactive ketones (excluding diaryl/α,β-unsaturated/α-hetero) is 1. The Morgan fingerprint density at radius 1 is 1.13 bits per heavy atom. The summed E-state index contributed by atoms with van der Waals surface area (Å²) in [5, 5.41) is 11.8. The first kappa shape index (κ1) is 29.8. The summed E-state index contributed by atoms with van der Waals surface area (Å²) >= 11 is 0.942. The summed E-state index contributed by atoms with van der Waals surface area (Å²) in [6, 6.07) is 20.9. The highest BCUT2D eigenvalue weighted by molar-refractivity contribution is 7.17. The van der Waals surface area contributed by atoms with E-state index < -0.39 is 23.7 Å². The molecular weight excluding hydrogens is 592 g/mol. The molecule has 10 heteroatoms. The van der Waals surface area contributed by atoms with Gasteiger partial charge in [-0.05, 0) is 60.9 Å². The van der Waals surface area contributed by atoms with Crippen LogP contribution < -0.4 is 14.4 Å². The van der Waals surface area contributed by atoms with Crippen LogP contribution in [0.1, 0.15) is 50.6 Å². The quantitative estimate of drug-likeness (QED) is 0.0758. The molecule has 45 heavy (non-hydrogen) atoms. The third-order valence-corrected chi connectivity index (χ3v) is 8.70. The van der Waals surface area contributed by atoms with Crippen molar-refractivity contribution in [1.82, 2.24) is 4.98 Å². The molecule has 2 aliphatic heterocycles. The molecule has 1 fully saturated rings. The van der Waals surface area contributed by atoms with E-state index in [0.717, 1.165) is 28.2 Å². The molecule has 0 saturated carbocycles. The first-order valence-corrected chi connectivity index (χ1v) is 15.2. The monoisotopic (exact) mass is 622 g/mol. The number of hydrogen-bond acceptors (Lipinski definition) is 9. The summed E-state index contributed by atoms with van der Waals surface area (Å²) in [4.78, 5) is 46.0. The van der Waals surface area contributed by atoms with E-state index in [1.165, 1.54) is 11.0 Å². The number of hydrogen-bond donors (Lipinski definition) is 1. The lowest BCUT2D eigenvalue weighted by Crippen LogP contribution is -2.29. The average Bonchev–Trinajstić information content (AvgIpc) is 3.70. The Labute approximate surface area is 264 Å². The molecule has 4 aromatic rings. The molecule has 0 aliphatic carbocycles. The second kappa shape index (κ2) is 12.4. The fourth-order valence-electron chi connectivity index (χ4n) is 5.43. The predicted octanol–water partition coefficient (Wildman–Crippen LogP) is 6.32. The maximum atomic E-state index is 13.7. The molecule has 1 saturated heterocycles. The standard InChI is InChI=1S/C35H30N2O7S/c1-4-16-42-34(41)32-21(3)36-35(45-32)37-29(23-10-13-26(14-11-23)43-19-22-8-6-5-7-9-22)28(31(39)33(37)40)30(38)24-12-15-27-25(18-24)17-20(2)44-27/h4-15,18,20,29,38H,1,16-17,19H2,2-3H3/b30-28+. The van der Waals surface area contributed by atoms with Gasteiger partial charge in [0.15, 0.2) is 5.13 Å². The Morgan fingerprint density at radius 2 is 1.89 bits per heavy atom. The fraction of sp³-hybridized carbons (Fsp3) is 0.200. The molecule has 0 radical (unpaired) electrons. The molecular formula is C35H30N2O7S. The number of aliphatic hydroxyl groups excluding tert-OH is 1. The number of amides is 1. The zero-order chi connectivity index (χ0) is 31.7. The lowest BCUT2D eigenvalue weighted by Gasteiger charge is -2.23. The third-order valence-electron chi connectivity index (χ3n) is 7.57. The number of benzene rings is 3. The average molecular weight is 623 g/mol. The summed E-state index contributed by atoms with van der Waals surface area (Å²) in [5.74, 6) is -1.36. The number of ketones is 1. The minimum atomic E-state index is -1.03. The maximum Gasteiger partial charge on any atom is 0.350 e. The van der Waals surface area contributed by atoms with Crippen molar-refractivity contribution in [3.8, 4) is 11.5 Å². The van der Waals surface area contributed by atoms with Gasteiger partial charge in [-0.25, -0.2) is 9.78 Å². The van der Waals surface area contributed by atoms with Crippen LogP contribution in [0.2, 0.25) is 0 Å². The SMILES string of the molecule is C=CCOC(=O)c1sc(N2C(=O)C(=O)/C(=C(/O)c3ccc4c(c3)CC(C)O4)C2c2ccc(OCc3ccccc3)cc2)nc1C. The van der Waals surface area contributed by atoms with Crippen LogP contribution in [0.5, 0.6) is 11.5 Å². The van der Waals surface area contributed by atoms with E-state index in [1.807, 2.05) is 37.3 Å². The number of fused-ring (bicyclic) bond motifs is 1. The number of aliphatic hydroxyl groups is 1. The normalized spacial score (nSPS) is 18.4. The molecule has 2 unspecified atom stereocenters. The number of rotatable bonds is 9. The van der Waals surface area contributed by atoms with Gasteiger partial charge in [-0.2, -0.15) is 0 Å². The first-order chi connectivity index (χ1) is 21.7. The Balaban J connectivity index is 1.41. The van der Waals surface area contributed by atoms with Crippen LogP contribution >= 0.6 is 11.3 Å². The van der Waals surface area contributed by atoms with Gasteiger partial charge in [-0.3, -0.25) is 14.5 Å². The minimum absolute atomic E-state index is 0.00823. The van der Waals surface area contributed by atoms with E-state index in [-0.39, 0.29) is 34.1 Å². The largest absolute Gasteiger partial charge is 0.507 e. The van der Waals surface area contributed by atoms with Crippen molar-refractivity contribution in [2.45, 2.75) is 39.0 Å². The molecule has 228 valence electrons. The van der Waals surface area contributed by atoms with Crippen molar-refractivity contribution < 1.29 is 33.7 Å². The van der Waals surface area contributed by atoms with Crippen molar-refractivity contribution >= 4 is 39.9 Å². The topological polar surface area (TPSA) is 115 Å². The van der Waals surface area contributed by atoms with Gasteiger partial charge in [0.25, 0.3) is 5.78 Å². The number of nitrogens with zero attached hydrogens (tertiary/aromatic N) is 2. The highest BCUT2D eigenvalue weighted by Gasteiger charge is 2.48. The molecule has 1 amide bonds. The van der Waals surface area contributed by atoms with Crippen LogP contribution in [0.15, 0.2) is 91.0 Å². The molecule has 0 spiro atoms. The van der Waals surface area contributed by atoms with Crippen LogP contribution in [-0.2, 0) is 27.4 Å². The first-order valence-electron chi connectivity index (χ1n) is 14.4. The van der Waals surface area contributed by atoms with Crippen LogP contribution in [0.3, 0.4) is 0 Å². The van der Waals surface area contributed by atoms with Crippen molar-refractivity contribution in [2.75, 3.05) is 11.5 Å². The van der Waals surface area contributed by atoms with Gasteiger partial charge in [-0.1, -0.05) is 66.5 Å². The number of esters is 1. The summed E-state index contributed by atoms with van der Waals surface area (Å²) in [6.45, 7) is 7.52. The summed E-state index contributed by atoms with van der Waals surface area (Å²) in [5.41, 5.74) is 3.10. The van der Waals surface area contributed by atoms with Gasteiger partial charge in [-0.15, -0.1) is 0 Å². The molecule has 3 heterocycles. The zero-order valence-corrected chi connectivity index (χ0v) is 25.5. The number of anilines is 1. The lowest BCUT2D eigenvalue weighted by molar-refractivity contribution is -0.132. The molecule has 1 N–H and O–H groups in total. The number of thiazole rings is 1. The van der Waals surface area contributed by atoms with E-state index in [2.05, 4.69) is 11.6 Å². The van der Waals surface area contributed by atoms with Gasteiger partial charge in [0, 0.05) is 12.0 Å². The highest BCUT2D eigenvalue weighted by atomic mass is 32.1. The maximum absolute atomic E-state index is 13.7. The van der Waals surface area contributed by atoms with Crippen LogP contribution in [-0.4, -0.2) is 40.5 Å². The Morgan fingerprint density at radius 3 is 2.62 bits per heavy atom. The minimum Gasteiger partial charge on any atom is -0.507 e. The van der Waals surface area contributed by atoms with E-state index >= 15 is 0 Å². The van der Waals surface area contributed by atoms with Gasteiger partial charge in [0.05, 0.1) is 17.3 Å². The molecule has 6 rings (SSSR count). The number of aryl methyl sites for hydroxylation is 1. The van der Waals surface area contributed by atoms with E-state index in [0.29, 0.717) is 35.6 Å². The van der Waals surface area contributed by atoms with E-state index in [4.69, 9.17) is 14.2 Å². The van der Waals surface area contributed by atoms with Crippen molar-refractivity contribution in [3.63, 3.8) is 0 Å². The number of carbonyl (C=O) groups excluding carboxylic acids is 3. The Kier molecular flexibility index (Phi) is 8.23. The van der Waals surface area contributed by atoms with Crippen molar-refractivity contribution in [1.29, 1.82) is 0 Å². The summed E-state index contributed by atoms with van der Waals surface area (Å²) in [6.07, 6.45) is 2.10. The number of carbonyl (C=O) groups is 3. The van der Waals surface area contributed by atoms with Crippen molar-refractivity contribution in [2.24, 2.45) is 0 Å². The summed E-state index contributed by atoms with van der Waals surface area (Å²) in [7, 11) is 0. The molecule has 0 bridgehead atoms. The van der Waals surface area contributed by atoms with Crippen LogP contribution in [0, 0.1) is 6.92 Å². The number of aromatic nitrogens is 1. The van der Waals surface area contributed by atoms with Gasteiger partial charge >= 0.3 is 11.9 Å². The van der Waals surface area contributed by atoms with E-state index in [1.54, 1.807) is 49.4 Å². The van der Waals surface area contributed by atoms with E-state index in [9.17, 15) is 19.5 Å². The number of ether oxygens (including phenoxy) is 3. The fourth-order valence-corrected chi connectivity index (χ4v) is 6.42. The van der Waals surface area contributed by atoms with Crippen LogP contribution in [0.25, 0.3) is 5.76 Å². The molecule has 3 aromatic carbocycles. The molecule has 1 aromatic heterocycles. The van der Waals surface area contributed by atoms with Gasteiger partial charge in [0.2, 0.25) is 0 Å². The Bertz CT molecular complexity index is 1830. The van der Waals surface area contributed by atoms with Crippen molar-refractivity contribution in [3.05, 3.63) is 124 Å². The molecule has 2 atom stereocenters. The Hall–Kier alpha value is -5.22. The zero-order valence-electron chi connectivity index (χ0n) is 24.7. The summed E-state index contributed by atoms with van der Waals surface area (Å²) < 4.78 is 16.9. The highest BCUT2D eigenvalue weighted by Crippen LogP contribution is 2.45. The third kappa shape index (κ3) is 5.84. The van der Waals surface area contributed by atoms with Crippen LogP contribution in [0.4, 0.5) is 5.13 Å². The van der Waals surface area contributed by atoms with Gasteiger partial charge in [0.1, 0.15) is 41.5 Å². The second-order valence-electron chi connectivity index (χ2n) is 10.8. The molecule has 9 nitrogen and oxygen atoms in total. The molecule has 2 aliphatic rings. The lowest BCUT2D eigenvalue weighted by atomic mass is 9.94. The predicted molar refractivity (Wildman–Crippen MR) is 170 cm³/mol. The smallest absolute Gasteiger partial charge is 0.350 e.